The number of ether oxygens (including phenoxy) is 1. The molecule has 1 aromatic carbocycles. The summed E-state index contributed by atoms with van der Waals surface area (Å²) in [7, 11) is 0. The van der Waals surface area contributed by atoms with E-state index in [1.807, 2.05) is 13.0 Å². The van der Waals surface area contributed by atoms with Crippen LogP contribution in [0.2, 0.25) is 0 Å². The summed E-state index contributed by atoms with van der Waals surface area (Å²) >= 11 is 0. The predicted molar refractivity (Wildman–Crippen MR) is 76.5 cm³/mol. The highest BCUT2D eigenvalue weighted by Crippen LogP contribution is 2.24. The van der Waals surface area contributed by atoms with Gasteiger partial charge in [0.05, 0.1) is 11.1 Å². The first-order valence-electron chi connectivity index (χ1n) is 6.64. The highest BCUT2D eigenvalue weighted by Gasteiger charge is 2.29. The van der Waals surface area contributed by atoms with Crippen molar-refractivity contribution >= 4 is 11.7 Å². The molecule has 1 atom stereocenters. The molecule has 2 heterocycles. The largest absolute Gasteiger partial charge is 0.490 e. The first kappa shape index (κ1) is 13.3. The zero-order valence-electron chi connectivity index (χ0n) is 11.5. The van der Waals surface area contributed by atoms with Crippen LogP contribution in [0.3, 0.4) is 0 Å². The van der Waals surface area contributed by atoms with Crippen LogP contribution in [0.5, 0.6) is 5.75 Å². The highest BCUT2D eigenvalue weighted by atomic mass is 16.5. The van der Waals surface area contributed by atoms with Gasteiger partial charge in [-0.3, -0.25) is 14.6 Å². The van der Waals surface area contributed by atoms with Gasteiger partial charge in [0.15, 0.2) is 5.78 Å². The molecule has 1 aromatic heterocycles. The maximum Gasteiger partial charge on any atom is 0.253 e. The Balaban J connectivity index is 1.78. The van der Waals surface area contributed by atoms with Crippen molar-refractivity contribution in [2.24, 2.45) is 0 Å². The van der Waals surface area contributed by atoms with Gasteiger partial charge < -0.3 is 10.1 Å². The van der Waals surface area contributed by atoms with Crippen molar-refractivity contribution in [2.75, 3.05) is 6.61 Å². The summed E-state index contributed by atoms with van der Waals surface area (Å²) in [6, 6.07) is 8.08. The van der Waals surface area contributed by atoms with Crippen LogP contribution in [0.1, 0.15) is 26.3 Å². The van der Waals surface area contributed by atoms with Crippen LogP contribution >= 0.6 is 0 Å². The lowest BCUT2D eigenvalue weighted by Crippen LogP contribution is -2.47. The van der Waals surface area contributed by atoms with Crippen molar-refractivity contribution < 1.29 is 14.3 Å². The van der Waals surface area contributed by atoms with E-state index < -0.39 is 6.04 Å². The van der Waals surface area contributed by atoms with Crippen molar-refractivity contribution in [2.45, 2.75) is 13.0 Å². The Labute approximate surface area is 122 Å². The van der Waals surface area contributed by atoms with Gasteiger partial charge in [-0.25, -0.2) is 0 Å². The maximum absolute atomic E-state index is 12.3. The Morgan fingerprint density at radius 1 is 1.33 bits per heavy atom. The van der Waals surface area contributed by atoms with Crippen molar-refractivity contribution in [3.63, 3.8) is 0 Å². The van der Waals surface area contributed by atoms with Gasteiger partial charge in [0.1, 0.15) is 18.4 Å². The second-order valence-corrected chi connectivity index (χ2v) is 4.95. The molecule has 0 fully saturated rings. The normalized spacial score (nSPS) is 16.8. The number of pyridine rings is 1. The number of carbonyl (C=O) groups excluding carboxylic acids is 2. The first-order valence-corrected chi connectivity index (χ1v) is 6.64. The minimum absolute atomic E-state index is 0.134. The summed E-state index contributed by atoms with van der Waals surface area (Å²) in [5.41, 5.74) is 1.82. The summed E-state index contributed by atoms with van der Waals surface area (Å²) in [6.45, 7) is 2.00. The van der Waals surface area contributed by atoms with Crippen LogP contribution in [-0.4, -0.2) is 29.3 Å². The number of nitrogens with zero attached hydrogens (tertiary/aromatic N) is 1. The van der Waals surface area contributed by atoms with Crippen LogP contribution in [0.4, 0.5) is 0 Å². The topological polar surface area (TPSA) is 68.3 Å². The van der Waals surface area contributed by atoms with Gasteiger partial charge in [-0.1, -0.05) is 12.1 Å². The molecule has 5 heteroatoms. The molecule has 3 rings (SSSR count). The molecule has 0 radical (unpaired) electrons. The van der Waals surface area contributed by atoms with Crippen LogP contribution in [0, 0.1) is 6.92 Å². The monoisotopic (exact) mass is 282 g/mol. The van der Waals surface area contributed by atoms with Gasteiger partial charge in [0.2, 0.25) is 0 Å². The van der Waals surface area contributed by atoms with Gasteiger partial charge >= 0.3 is 0 Å². The number of rotatable bonds is 2. The molecular weight excluding hydrogens is 268 g/mol. The number of carbonyl (C=O) groups is 2. The molecule has 1 unspecified atom stereocenters. The van der Waals surface area contributed by atoms with Gasteiger partial charge in [-0.15, -0.1) is 0 Å². The molecule has 0 spiro atoms. The summed E-state index contributed by atoms with van der Waals surface area (Å²) in [5.74, 6) is 0.101. The van der Waals surface area contributed by atoms with E-state index in [9.17, 15) is 9.59 Å². The summed E-state index contributed by atoms with van der Waals surface area (Å²) in [5, 5.41) is 2.70. The van der Waals surface area contributed by atoms with Gasteiger partial charge in [-0.05, 0) is 30.7 Å². The van der Waals surface area contributed by atoms with E-state index in [1.54, 1.807) is 30.5 Å². The molecule has 0 saturated heterocycles. The van der Waals surface area contributed by atoms with E-state index in [2.05, 4.69) is 10.3 Å². The lowest BCUT2D eigenvalue weighted by atomic mass is 10.0. The van der Waals surface area contributed by atoms with E-state index >= 15 is 0 Å². The molecule has 0 bridgehead atoms. The third-order valence-corrected chi connectivity index (χ3v) is 3.32. The lowest BCUT2D eigenvalue weighted by Gasteiger charge is -2.24. The summed E-state index contributed by atoms with van der Waals surface area (Å²) < 4.78 is 5.52. The zero-order chi connectivity index (χ0) is 14.8. The van der Waals surface area contributed by atoms with Gasteiger partial charge in [-0.2, -0.15) is 0 Å². The fraction of sp³-hybridized carbons (Fsp3) is 0.188. The summed E-state index contributed by atoms with van der Waals surface area (Å²) in [6.07, 6.45) is 3.15. The molecule has 0 aliphatic carbocycles. The number of aromatic nitrogens is 1. The van der Waals surface area contributed by atoms with Crippen LogP contribution in [0.15, 0.2) is 42.7 Å². The molecule has 1 N–H and O–H groups in total. The number of para-hydroxylation sites is 1. The minimum Gasteiger partial charge on any atom is -0.490 e. The smallest absolute Gasteiger partial charge is 0.253 e. The average molecular weight is 282 g/mol. The Morgan fingerprint density at radius 2 is 2.14 bits per heavy atom. The summed E-state index contributed by atoms with van der Waals surface area (Å²) in [4.78, 5) is 28.5. The number of Topliss-reactive ketones (excluding diaryl/α,β-unsaturated/α-hetero) is 1. The number of ketones is 1. The number of benzene rings is 1. The Kier molecular flexibility index (Phi) is 3.39. The number of hydrogen-bond donors (Lipinski definition) is 1. The van der Waals surface area contributed by atoms with E-state index in [-0.39, 0.29) is 18.3 Å². The lowest BCUT2D eigenvalue weighted by molar-refractivity contribution is 0.0795. The third kappa shape index (κ3) is 2.63. The standard InChI is InChI=1S/C16H14N2O3/c1-10-6-11(8-17-7-10)16(20)18-13-9-21-14-5-3-2-4-12(14)15(13)19/h2-8,13H,9H2,1H3,(H,18,20). The Hall–Kier alpha value is -2.69. The van der Waals surface area contributed by atoms with Crippen LogP contribution in [-0.2, 0) is 0 Å². The zero-order valence-corrected chi connectivity index (χ0v) is 11.5. The fourth-order valence-corrected chi connectivity index (χ4v) is 2.26. The van der Waals surface area contributed by atoms with Gasteiger partial charge in [0, 0.05) is 12.4 Å². The van der Waals surface area contributed by atoms with Crippen molar-refractivity contribution in [1.29, 1.82) is 0 Å². The molecule has 5 nitrogen and oxygen atoms in total. The number of amides is 1. The molecular formula is C16H14N2O3. The second-order valence-electron chi connectivity index (χ2n) is 4.95. The maximum atomic E-state index is 12.3. The SMILES string of the molecule is Cc1cncc(C(=O)NC2COc3ccccc3C2=O)c1. The number of fused-ring (bicyclic) bond motifs is 1. The number of nitrogens with one attached hydrogen (secondary N) is 1. The predicted octanol–water partition coefficient (Wildman–Crippen LogP) is 1.76. The molecule has 21 heavy (non-hydrogen) atoms. The van der Waals surface area contributed by atoms with Crippen LogP contribution in [0.25, 0.3) is 0 Å². The Morgan fingerprint density at radius 3 is 2.95 bits per heavy atom. The van der Waals surface area contributed by atoms with E-state index in [1.165, 1.54) is 6.20 Å². The fourth-order valence-electron chi connectivity index (χ4n) is 2.26. The van der Waals surface area contributed by atoms with Crippen LogP contribution < -0.4 is 10.1 Å². The van der Waals surface area contributed by atoms with E-state index in [0.29, 0.717) is 16.9 Å². The van der Waals surface area contributed by atoms with Crippen molar-refractivity contribution in [3.8, 4) is 5.75 Å². The number of hydrogen-bond acceptors (Lipinski definition) is 4. The van der Waals surface area contributed by atoms with E-state index in [0.717, 1.165) is 5.56 Å². The molecule has 1 amide bonds. The van der Waals surface area contributed by atoms with Crippen molar-refractivity contribution in [3.05, 3.63) is 59.4 Å². The second kappa shape index (κ2) is 5.36. The quantitative estimate of drug-likeness (QED) is 0.911. The Bertz CT molecular complexity index is 712. The molecule has 0 saturated carbocycles. The minimum atomic E-state index is -0.673. The molecule has 1 aliphatic rings. The molecule has 2 aromatic rings. The highest BCUT2D eigenvalue weighted by molar-refractivity contribution is 6.06. The van der Waals surface area contributed by atoms with Gasteiger partial charge in [0.25, 0.3) is 5.91 Å². The molecule has 1 aliphatic heterocycles. The van der Waals surface area contributed by atoms with E-state index in [4.69, 9.17) is 4.74 Å². The molecule has 106 valence electrons. The third-order valence-electron chi connectivity index (χ3n) is 3.32. The average Bonchev–Trinajstić information content (AvgIpc) is 2.50. The first-order chi connectivity index (χ1) is 10.1. The number of aryl methyl sites for hydroxylation is 1. The van der Waals surface area contributed by atoms with Crippen molar-refractivity contribution in [1.82, 2.24) is 10.3 Å².